The summed E-state index contributed by atoms with van der Waals surface area (Å²) in [6, 6.07) is 0. The Bertz CT molecular complexity index is 1020. The molecule has 0 amide bonds. The minimum atomic E-state index is -5.28. The van der Waals surface area contributed by atoms with Crippen LogP contribution in [0, 0.1) is 0 Å². The smallest absolute Gasteiger partial charge is 0.265 e. The van der Waals surface area contributed by atoms with Gasteiger partial charge in [0.05, 0.1) is 47.6 Å². The first-order valence-electron chi connectivity index (χ1n) is 15.1. The van der Waals surface area contributed by atoms with Gasteiger partial charge in [0.2, 0.25) is 0 Å². The van der Waals surface area contributed by atoms with Crippen LogP contribution in [0.25, 0.3) is 0 Å². The fourth-order valence-electron chi connectivity index (χ4n) is 5.56. The van der Waals surface area contributed by atoms with E-state index in [0.29, 0.717) is 11.0 Å². The molecule has 22 heteroatoms. The molecular formula is C26H50NO20P. The molecule has 0 aromatic rings. The van der Waals surface area contributed by atoms with E-state index in [2.05, 4.69) is 4.52 Å². The quantitative estimate of drug-likeness (QED) is 0.0527. The maximum Gasteiger partial charge on any atom is 0.265 e. The summed E-state index contributed by atoms with van der Waals surface area (Å²) in [6.45, 7) is -1.49. The lowest BCUT2D eigenvalue weighted by Gasteiger charge is -2.47. The Morgan fingerprint density at radius 2 is 1.25 bits per heavy atom. The van der Waals surface area contributed by atoms with E-state index in [1.54, 1.807) is 0 Å². The summed E-state index contributed by atoms with van der Waals surface area (Å²) in [5, 5.41) is 84.3. The number of likely N-dealkylation sites (N-methyl/N-ethyl adjacent to an activating group) is 1. The summed E-state index contributed by atoms with van der Waals surface area (Å²) < 4.78 is 59.8. The van der Waals surface area contributed by atoms with Crippen LogP contribution in [-0.2, 0) is 47.0 Å². The number of aliphatic hydroxyl groups excluding tert-OH is 8. The zero-order valence-corrected chi connectivity index (χ0v) is 28.1. The number of methoxy groups -OCH3 is 2. The van der Waals surface area contributed by atoms with Gasteiger partial charge in [-0.25, -0.2) is 0 Å². The lowest BCUT2D eigenvalue weighted by molar-refractivity contribution is -0.873. The highest BCUT2D eigenvalue weighted by molar-refractivity contribution is 7.44. The molecule has 3 heterocycles. The van der Waals surface area contributed by atoms with Gasteiger partial charge >= 0.3 is 0 Å². The molecule has 17 atom stereocenters. The molecule has 3 aliphatic heterocycles. The average Bonchev–Trinajstić information content (AvgIpc) is 2.99. The van der Waals surface area contributed by atoms with Crippen molar-refractivity contribution in [1.29, 1.82) is 0 Å². The number of quaternary nitrogens is 1. The molecule has 0 aliphatic carbocycles. The van der Waals surface area contributed by atoms with Crippen LogP contribution in [0.5, 0.6) is 0 Å². The molecule has 284 valence electrons. The van der Waals surface area contributed by atoms with Crippen molar-refractivity contribution in [3.8, 4) is 0 Å². The van der Waals surface area contributed by atoms with Crippen molar-refractivity contribution in [2.24, 2.45) is 0 Å². The normalized spacial score (nSPS) is 43.1. The Hall–Kier alpha value is -0.570. The fourth-order valence-corrected chi connectivity index (χ4v) is 5.89. The lowest BCUT2D eigenvalue weighted by atomic mass is 9.96. The van der Waals surface area contributed by atoms with Crippen LogP contribution in [0.4, 0.5) is 0 Å². The van der Waals surface area contributed by atoms with Crippen molar-refractivity contribution in [3.63, 3.8) is 0 Å². The third-order valence-electron chi connectivity index (χ3n) is 7.92. The molecule has 3 aliphatic rings. The number of hydrogen-bond acceptors (Lipinski definition) is 19. The van der Waals surface area contributed by atoms with Gasteiger partial charge in [-0.15, -0.1) is 0 Å². The van der Waals surface area contributed by atoms with Crippen molar-refractivity contribution in [2.45, 2.75) is 98.2 Å². The number of rotatable bonds is 16. The highest BCUT2D eigenvalue weighted by Gasteiger charge is 2.52. The Kier molecular flexibility index (Phi) is 15.5. The number of nitrogens with zero attached hydrogens (tertiary/aromatic N) is 1. The number of hydrogen-bond donors (Lipinski definition) is 9. The number of ether oxygens (including phenoxy) is 8. The van der Waals surface area contributed by atoms with Crippen LogP contribution in [-0.4, -0.2) is 217 Å². The molecule has 0 radical (unpaired) electrons. The maximum atomic E-state index is 11.2. The highest BCUT2D eigenvalue weighted by atomic mass is 31.2. The molecule has 3 saturated heterocycles. The second-order valence-corrected chi connectivity index (χ2v) is 14.1. The van der Waals surface area contributed by atoms with Crippen LogP contribution in [0.3, 0.4) is 0 Å². The van der Waals surface area contributed by atoms with E-state index in [-0.39, 0.29) is 13.2 Å². The monoisotopic (exact) mass is 727 g/mol. The standard InChI is InChI=1S/C26H50NO20P/c1-27(2,3)6-11(28)7-41-8-12-15(29)16(30)19(33)25(44-12)42-9-13-22(39-4)17(31)21(35)26(46-13)47-23-14(10-43-48(36,37)38)45-24(40-5)20(34)18(23)32/h11-26,28-35H,6-10H2,1-5H3,(H-,36,37,38)/t11?,12?,13?,14?,15-,16+,17-,18-,19?,20?,21?,22+,23+,24+,25-,26-/m0/s1. The van der Waals surface area contributed by atoms with Gasteiger partial charge < -0.3 is 97.5 Å². The predicted octanol–water partition coefficient (Wildman–Crippen LogP) is -6.69. The largest absolute Gasteiger partial charge is 0.756 e. The van der Waals surface area contributed by atoms with E-state index in [1.165, 1.54) is 7.11 Å². The molecule has 0 bridgehead atoms. The van der Waals surface area contributed by atoms with Gasteiger partial charge in [-0.1, -0.05) is 0 Å². The second kappa shape index (κ2) is 17.8. The maximum absolute atomic E-state index is 11.2. The molecule has 0 aromatic heterocycles. The van der Waals surface area contributed by atoms with E-state index < -0.39 is 119 Å². The first-order chi connectivity index (χ1) is 22.3. The van der Waals surface area contributed by atoms with E-state index in [1.807, 2.05) is 21.1 Å². The SMILES string of the molecule is CO[C@@H]1OC(COP(=O)([O-])O)[C@@H](O[C@@H]2OC(CO[C@H]3OC(COCC(O)C[N+](C)(C)C)[C@H](O)[C@@H](O)C3O)[C@@H](OC)[C@@H](O)C2O)[C@@H](O)C1O. The zero-order chi connectivity index (χ0) is 36.1. The molecule has 0 aromatic carbocycles. The van der Waals surface area contributed by atoms with Gasteiger partial charge in [-0.05, 0) is 0 Å². The molecule has 3 rings (SSSR count). The van der Waals surface area contributed by atoms with Gasteiger partial charge in [0.15, 0.2) is 18.9 Å². The van der Waals surface area contributed by atoms with E-state index >= 15 is 0 Å². The van der Waals surface area contributed by atoms with Crippen molar-refractivity contribution in [2.75, 3.05) is 68.3 Å². The zero-order valence-electron chi connectivity index (χ0n) is 27.2. The summed E-state index contributed by atoms with van der Waals surface area (Å²) in [6.07, 6.45) is -25.0. The van der Waals surface area contributed by atoms with Gasteiger partial charge in [0.25, 0.3) is 7.82 Å². The van der Waals surface area contributed by atoms with E-state index in [9.17, 15) is 50.3 Å². The van der Waals surface area contributed by atoms with Gasteiger partial charge in [-0.2, -0.15) is 0 Å². The van der Waals surface area contributed by atoms with Crippen LogP contribution >= 0.6 is 7.82 Å². The molecule has 8 unspecified atom stereocenters. The highest BCUT2D eigenvalue weighted by Crippen LogP contribution is 2.35. The number of phosphoric acid groups is 1. The first-order valence-corrected chi connectivity index (χ1v) is 16.6. The summed E-state index contributed by atoms with van der Waals surface area (Å²) in [5.41, 5.74) is 0. The van der Waals surface area contributed by atoms with E-state index in [4.69, 9.17) is 42.8 Å². The minimum absolute atomic E-state index is 0.105. The van der Waals surface area contributed by atoms with Crippen molar-refractivity contribution >= 4 is 7.82 Å². The summed E-state index contributed by atoms with van der Waals surface area (Å²) in [7, 11) is 2.68. The van der Waals surface area contributed by atoms with Crippen molar-refractivity contribution in [1.82, 2.24) is 0 Å². The number of phosphoric ester groups is 1. The Morgan fingerprint density at radius 3 is 1.83 bits per heavy atom. The van der Waals surface area contributed by atoms with Gasteiger partial charge in [-0.3, -0.25) is 4.57 Å². The van der Waals surface area contributed by atoms with Crippen molar-refractivity contribution < 1.29 is 102 Å². The summed E-state index contributed by atoms with van der Waals surface area (Å²) >= 11 is 0. The van der Waals surface area contributed by atoms with Crippen LogP contribution in [0.2, 0.25) is 0 Å². The predicted molar refractivity (Wildman–Crippen MR) is 152 cm³/mol. The Labute approximate surface area is 276 Å². The second-order valence-electron chi connectivity index (χ2n) is 12.9. The van der Waals surface area contributed by atoms with Gasteiger partial charge in [0, 0.05) is 14.2 Å². The summed E-state index contributed by atoms with van der Waals surface area (Å²) in [4.78, 5) is 20.2. The topological polar surface area (TPSA) is 305 Å². The third kappa shape index (κ3) is 11.2. The molecule has 21 nitrogen and oxygen atoms in total. The Balaban J connectivity index is 1.69. The Morgan fingerprint density at radius 1 is 0.708 bits per heavy atom. The fraction of sp³-hybridized carbons (Fsp3) is 1.00. The van der Waals surface area contributed by atoms with Crippen LogP contribution < -0.4 is 4.89 Å². The molecule has 3 fully saturated rings. The third-order valence-corrected chi connectivity index (χ3v) is 8.40. The molecular weight excluding hydrogens is 677 g/mol. The molecule has 48 heavy (non-hydrogen) atoms. The average molecular weight is 728 g/mol. The molecule has 9 N–H and O–H groups in total. The lowest BCUT2D eigenvalue weighted by Crippen LogP contribution is -2.65. The molecule has 0 spiro atoms. The van der Waals surface area contributed by atoms with Gasteiger partial charge in [0.1, 0.15) is 85.9 Å². The van der Waals surface area contributed by atoms with Crippen LogP contribution in [0.15, 0.2) is 0 Å². The van der Waals surface area contributed by atoms with E-state index in [0.717, 1.165) is 7.11 Å². The number of aliphatic hydroxyl groups is 8. The van der Waals surface area contributed by atoms with Crippen LogP contribution in [0.1, 0.15) is 0 Å². The summed E-state index contributed by atoms with van der Waals surface area (Å²) in [5.74, 6) is 0. The first kappa shape index (κ1) is 41.8. The van der Waals surface area contributed by atoms with Crippen molar-refractivity contribution in [3.05, 3.63) is 0 Å². The minimum Gasteiger partial charge on any atom is -0.756 e. The molecule has 0 saturated carbocycles.